The van der Waals surface area contributed by atoms with Crippen LogP contribution in [0.25, 0.3) is 0 Å². The van der Waals surface area contributed by atoms with Gasteiger partial charge in [-0.3, -0.25) is 0 Å². The van der Waals surface area contributed by atoms with Gasteiger partial charge in [0, 0.05) is 12.8 Å². The number of nitrogens with zero attached hydrogens (tertiary/aromatic N) is 3. The molecule has 0 radical (unpaired) electrons. The lowest BCUT2D eigenvalue weighted by Gasteiger charge is -2.08. The second-order valence-corrected chi connectivity index (χ2v) is 7.45. The molecule has 0 saturated heterocycles. The van der Waals surface area contributed by atoms with Crippen LogP contribution >= 0.6 is 0 Å². The van der Waals surface area contributed by atoms with Crippen molar-refractivity contribution in [3.63, 3.8) is 0 Å². The molecule has 1 aromatic heterocycles. The lowest BCUT2D eigenvalue weighted by Crippen LogP contribution is -2.07. The van der Waals surface area contributed by atoms with Crippen LogP contribution in [0.5, 0.6) is 0 Å². The summed E-state index contributed by atoms with van der Waals surface area (Å²) in [4.78, 5) is 15.9. The number of unbranched alkanes of at least 4 members (excludes halogenated alkanes) is 1. The van der Waals surface area contributed by atoms with Crippen molar-refractivity contribution >= 4 is 5.97 Å². The minimum absolute atomic E-state index is 0.327. The summed E-state index contributed by atoms with van der Waals surface area (Å²) in [7, 11) is 0. The zero-order valence-electron chi connectivity index (χ0n) is 17.3. The standard InChI is InChI=1S/C24H29N3O2/c1-3-5-10-22-25-23(7-4-2)27(26-22)17-19-13-11-18(12-14-19)15-20-8-6-9-21(16-20)24(28)29/h6,8-9,11-14,16H,3-5,7,10,15,17H2,1-2H3,(H,28,29). The lowest BCUT2D eigenvalue weighted by atomic mass is 10.0. The Morgan fingerprint density at radius 2 is 1.72 bits per heavy atom. The van der Waals surface area contributed by atoms with Gasteiger partial charge in [-0.25, -0.2) is 14.5 Å². The van der Waals surface area contributed by atoms with Crippen molar-refractivity contribution in [1.82, 2.24) is 14.8 Å². The smallest absolute Gasteiger partial charge is 0.335 e. The number of carbonyl (C=O) groups is 1. The molecule has 152 valence electrons. The second-order valence-electron chi connectivity index (χ2n) is 7.45. The summed E-state index contributed by atoms with van der Waals surface area (Å²) in [6.45, 7) is 5.07. The fourth-order valence-corrected chi connectivity index (χ4v) is 3.39. The van der Waals surface area contributed by atoms with E-state index >= 15 is 0 Å². The molecule has 0 saturated carbocycles. The third-order valence-electron chi connectivity index (χ3n) is 4.96. The van der Waals surface area contributed by atoms with Crippen LogP contribution in [0.2, 0.25) is 0 Å². The van der Waals surface area contributed by atoms with Crippen LogP contribution in [0.1, 0.15) is 71.8 Å². The van der Waals surface area contributed by atoms with Crippen molar-refractivity contribution in [3.05, 3.63) is 82.4 Å². The van der Waals surface area contributed by atoms with E-state index in [1.807, 2.05) is 10.7 Å². The quantitative estimate of drug-likeness (QED) is 0.533. The zero-order chi connectivity index (χ0) is 20.6. The number of aromatic nitrogens is 3. The molecule has 0 unspecified atom stereocenters. The SMILES string of the molecule is CCCCc1nc(CCC)n(Cc2ccc(Cc3cccc(C(=O)O)c3)cc2)n1. The Labute approximate surface area is 172 Å². The molecule has 5 nitrogen and oxygen atoms in total. The van der Waals surface area contributed by atoms with Crippen molar-refractivity contribution in [2.45, 2.75) is 58.9 Å². The molecule has 0 bridgehead atoms. The van der Waals surface area contributed by atoms with Gasteiger partial charge in [0.2, 0.25) is 0 Å². The molecule has 2 aromatic carbocycles. The normalized spacial score (nSPS) is 11.0. The molecule has 0 spiro atoms. The number of hydrogen-bond donors (Lipinski definition) is 1. The fraction of sp³-hybridized carbons (Fsp3) is 0.375. The highest BCUT2D eigenvalue weighted by Crippen LogP contribution is 2.14. The van der Waals surface area contributed by atoms with Crippen molar-refractivity contribution in [1.29, 1.82) is 0 Å². The van der Waals surface area contributed by atoms with Gasteiger partial charge in [-0.15, -0.1) is 0 Å². The molecular formula is C24H29N3O2. The summed E-state index contributed by atoms with van der Waals surface area (Å²) in [5.74, 6) is 1.12. The molecule has 0 amide bonds. The summed E-state index contributed by atoms with van der Waals surface area (Å²) in [5.41, 5.74) is 3.68. The molecule has 29 heavy (non-hydrogen) atoms. The second kappa shape index (κ2) is 10.0. The molecule has 0 aliphatic rings. The molecule has 0 fully saturated rings. The van der Waals surface area contributed by atoms with Gasteiger partial charge in [0.25, 0.3) is 0 Å². The van der Waals surface area contributed by atoms with Gasteiger partial charge in [-0.2, -0.15) is 5.10 Å². The molecular weight excluding hydrogens is 362 g/mol. The van der Waals surface area contributed by atoms with Crippen LogP contribution in [-0.4, -0.2) is 25.8 Å². The van der Waals surface area contributed by atoms with E-state index in [2.05, 4.69) is 38.1 Å². The van der Waals surface area contributed by atoms with Gasteiger partial charge in [0.1, 0.15) is 5.82 Å². The topological polar surface area (TPSA) is 68.0 Å². The molecule has 0 aliphatic carbocycles. The van der Waals surface area contributed by atoms with Crippen molar-refractivity contribution in [2.75, 3.05) is 0 Å². The van der Waals surface area contributed by atoms with Crippen LogP contribution in [0.3, 0.4) is 0 Å². The predicted octanol–water partition coefficient (Wildman–Crippen LogP) is 4.91. The summed E-state index contributed by atoms with van der Waals surface area (Å²) < 4.78 is 2.04. The van der Waals surface area contributed by atoms with Gasteiger partial charge >= 0.3 is 5.97 Å². The van der Waals surface area contributed by atoms with E-state index in [0.717, 1.165) is 61.4 Å². The van der Waals surface area contributed by atoms with E-state index < -0.39 is 5.97 Å². The largest absolute Gasteiger partial charge is 0.478 e. The van der Waals surface area contributed by atoms with Crippen LogP contribution in [0, 0.1) is 0 Å². The number of benzene rings is 2. The Bertz CT molecular complexity index is 945. The van der Waals surface area contributed by atoms with Crippen LogP contribution in [0.4, 0.5) is 0 Å². The predicted molar refractivity (Wildman–Crippen MR) is 114 cm³/mol. The fourth-order valence-electron chi connectivity index (χ4n) is 3.39. The number of carboxylic acid groups (broad SMARTS) is 1. The molecule has 0 aliphatic heterocycles. The number of aromatic carboxylic acids is 1. The number of carboxylic acids is 1. The number of rotatable bonds is 10. The van der Waals surface area contributed by atoms with Crippen LogP contribution < -0.4 is 0 Å². The van der Waals surface area contributed by atoms with E-state index in [1.54, 1.807) is 18.2 Å². The first-order chi connectivity index (χ1) is 14.1. The third kappa shape index (κ3) is 5.76. The van der Waals surface area contributed by atoms with Crippen LogP contribution in [-0.2, 0) is 25.8 Å². The van der Waals surface area contributed by atoms with Crippen molar-refractivity contribution in [3.8, 4) is 0 Å². The van der Waals surface area contributed by atoms with Crippen molar-refractivity contribution < 1.29 is 9.90 Å². The minimum atomic E-state index is -0.892. The Kier molecular flexibility index (Phi) is 7.17. The lowest BCUT2D eigenvalue weighted by molar-refractivity contribution is 0.0696. The molecule has 1 N–H and O–H groups in total. The highest BCUT2D eigenvalue weighted by molar-refractivity contribution is 5.87. The summed E-state index contributed by atoms with van der Waals surface area (Å²) in [5, 5.41) is 13.9. The van der Waals surface area contributed by atoms with Gasteiger partial charge in [0.05, 0.1) is 12.1 Å². The highest BCUT2D eigenvalue weighted by atomic mass is 16.4. The number of aryl methyl sites for hydroxylation is 2. The Morgan fingerprint density at radius 1 is 0.966 bits per heavy atom. The Balaban J connectivity index is 1.69. The molecule has 0 atom stereocenters. The third-order valence-corrected chi connectivity index (χ3v) is 4.96. The van der Waals surface area contributed by atoms with Crippen LogP contribution in [0.15, 0.2) is 48.5 Å². The first-order valence-electron chi connectivity index (χ1n) is 10.4. The average molecular weight is 392 g/mol. The van der Waals surface area contributed by atoms with Gasteiger partial charge < -0.3 is 5.11 Å². The first-order valence-corrected chi connectivity index (χ1v) is 10.4. The van der Waals surface area contributed by atoms with E-state index in [4.69, 9.17) is 15.2 Å². The summed E-state index contributed by atoms with van der Waals surface area (Å²) in [6, 6.07) is 15.6. The summed E-state index contributed by atoms with van der Waals surface area (Å²) >= 11 is 0. The molecule has 1 heterocycles. The maximum atomic E-state index is 11.1. The number of hydrogen-bond acceptors (Lipinski definition) is 3. The Hall–Kier alpha value is -2.95. The maximum Gasteiger partial charge on any atom is 0.335 e. The first kappa shape index (κ1) is 20.8. The van der Waals surface area contributed by atoms with E-state index in [-0.39, 0.29) is 0 Å². The van der Waals surface area contributed by atoms with Crippen molar-refractivity contribution in [2.24, 2.45) is 0 Å². The minimum Gasteiger partial charge on any atom is -0.478 e. The Morgan fingerprint density at radius 3 is 2.41 bits per heavy atom. The molecule has 3 aromatic rings. The van der Waals surface area contributed by atoms with Gasteiger partial charge in [-0.1, -0.05) is 56.7 Å². The highest BCUT2D eigenvalue weighted by Gasteiger charge is 2.10. The van der Waals surface area contributed by atoms with Gasteiger partial charge in [-0.05, 0) is 48.1 Å². The van der Waals surface area contributed by atoms with E-state index in [9.17, 15) is 4.79 Å². The summed E-state index contributed by atoms with van der Waals surface area (Å²) in [6.07, 6.45) is 5.92. The zero-order valence-corrected chi connectivity index (χ0v) is 17.3. The maximum absolute atomic E-state index is 11.1. The van der Waals surface area contributed by atoms with E-state index in [1.165, 1.54) is 5.56 Å². The average Bonchev–Trinajstić information content (AvgIpc) is 3.09. The molecule has 3 rings (SSSR count). The van der Waals surface area contributed by atoms with E-state index in [0.29, 0.717) is 12.0 Å². The monoisotopic (exact) mass is 391 g/mol. The van der Waals surface area contributed by atoms with Gasteiger partial charge in [0.15, 0.2) is 5.82 Å². The molecule has 5 heteroatoms.